The predicted octanol–water partition coefficient (Wildman–Crippen LogP) is 4.36. The van der Waals surface area contributed by atoms with Crippen molar-refractivity contribution in [2.75, 3.05) is 0 Å². The molecule has 0 fully saturated rings. The fourth-order valence-electron chi connectivity index (χ4n) is 2.65. The first-order chi connectivity index (χ1) is 11.6. The van der Waals surface area contributed by atoms with Crippen LogP contribution in [0.1, 0.15) is 29.8 Å². The molecule has 2 heterocycles. The topological polar surface area (TPSA) is 43.6 Å². The number of fused-ring (bicyclic) bond motifs is 1. The molecular formula is C19H19ClN2O2. The fraction of sp³-hybridized carbons (Fsp3) is 0.263. The lowest BCUT2D eigenvalue weighted by atomic mass is 10.1. The number of carbonyl (C=O) groups excluding carboxylic acids is 1. The minimum Gasteiger partial charge on any atom is -0.459 e. The van der Waals surface area contributed by atoms with Gasteiger partial charge in [-0.15, -0.1) is 0 Å². The Balaban J connectivity index is 1.50. The molecule has 1 aromatic carbocycles. The number of imidazole rings is 1. The van der Waals surface area contributed by atoms with E-state index in [-0.39, 0.29) is 12.6 Å². The van der Waals surface area contributed by atoms with E-state index in [1.807, 2.05) is 60.0 Å². The third-order valence-corrected chi connectivity index (χ3v) is 4.21. The maximum absolute atomic E-state index is 12.0. The van der Waals surface area contributed by atoms with E-state index in [0.29, 0.717) is 6.42 Å². The van der Waals surface area contributed by atoms with E-state index in [2.05, 4.69) is 4.98 Å². The second-order valence-electron chi connectivity index (χ2n) is 5.71. The fourth-order valence-corrected chi connectivity index (χ4v) is 2.77. The van der Waals surface area contributed by atoms with E-state index in [9.17, 15) is 4.79 Å². The molecule has 5 heteroatoms. The average Bonchev–Trinajstić information content (AvgIpc) is 2.90. The molecule has 24 heavy (non-hydrogen) atoms. The van der Waals surface area contributed by atoms with E-state index in [1.54, 1.807) is 0 Å². The Labute approximate surface area is 146 Å². The summed E-state index contributed by atoms with van der Waals surface area (Å²) in [5.41, 5.74) is 3.83. The van der Waals surface area contributed by atoms with E-state index in [0.717, 1.165) is 34.9 Å². The first-order valence-corrected chi connectivity index (χ1v) is 8.34. The van der Waals surface area contributed by atoms with Crippen molar-refractivity contribution in [1.29, 1.82) is 0 Å². The van der Waals surface area contributed by atoms with Crippen molar-refractivity contribution in [2.24, 2.45) is 0 Å². The molecule has 3 aromatic rings. The molecule has 0 N–H and O–H groups in total. The van der Waals surface area contributed by atoms with Gasteiger partial charge in [0.05, 0.1) is 11.4 Å². The number of esters is 1. The second-order valence-corrected chi connectivity index (χ2v) is 6.15. The monoisotopic (exact) mass is 342 g/mol. The van der Waals surface area contributed by atoms with Crippen LogP contribution in [-0.4, -0.2) is 15.4 Å². The van der Waals surface area contributed by atoms with Crippen LogP contribution in [0.3, 0.4) is 0 Å². The van der Waals surface area contributed by atoms with Crippen molar-refractivity contribution in [3.63, 3.8) is 0 Å². The number of benzene rings is 1. The molecule has 0 saturated heterocycles. The van der Waals surface area contributed by atoms with E-state index < -0.39 is 0 Å². The van der Waals surface area contributed by atoms with Crippen LogP contribution in [0.5, 0.6) is 0 Å². The quantitative estimate of drug-likeness (QED) is 0.625. The van der Waals surface area contributed by atoms with Crippen LogP contribution in [-0.2, 0) is 22.6 Å². The summed E-state index contributed by atoms with van der Waals surface area (Å²) in [6.07, 6.45) is 3.92. The molecule has 4 nitrogen and oxygen atoms in total. The molecule has 0 unspecified atom stereocenters. The van der Waals surface area contributed by atoms with Crippen LogP contribution in [0.2, 0.25) is 5.02 Å². The smallest absolute Gasteiger partial charge is 0.306 e. The summed E-state index contributed by atoms with van der Waals surface area (Å²) in [4.78, 5) is 16.4. The molecule has 0 atom stereocenters. The summed E-state index contributed by atoms with van der Waals surface area (Å²) >= 11 is 5.86. The van der Waals surface area contributed by atoms with E-state index in [1.165, 1.54) is 5.56 Å². The molecule has 0 saturated carbocycles. The lowest BCUT2D eigenvalue weighted by Gasteiger charge is -2.06. The second kappa shape index (κ2) is 7.49. The van der Waals surface area contributed by atoms with Gasteiger partial charge < -0.3 is 9.14 Å². The van der Waals surface area contributed by atoms with Crippen molar-refractivity contribution in [1.82, 2.24) is 9.38 Å². The van der Waals surface area contributed by atoms with E-state index in [4.69, 9.17) is 16.3 Å². The van der Waals surface area contributed by atoms with Gasteiger partial charge in [-0.3, -0.25) is 4.79 Å². The summed E-state index contributed by atoms with van der Waals surface area (Å²) in [5.74, 6) is -0.186. The number of hydrogen-bond acceptors (Lipinski definition) is 3. The Morgan fingerprint density at radius 2 is 2.00 bits per heavy atom. The molecule has 0 spiro atoms. The largest absolute Gasteiger partial charge is 0.459 e. The number of rotatable bonds is 6. The Kier molecular flexibility index (Phi) is 5.16. The zero-order chi connectivity index (χ0) is 16.9. The van der Waals surface area contributed by atoms with Gasteiger partial charge in [0.15, 0.2) is 0 Å². The number of ether oxygens (including phenoxy) is 1. The van der Waals surface area contributed by atoms with Gasteiger partial charge in [-0.1, -0.05) is 29.8 Å². The maximum atomic E-state index is 12.0. The molecule has 0 bridgehead atoms. The predicted molar refractivity (Wildman–Crippen MR) is 94.1 cm³/mol. The van der Waals surface area contributed by atoms with Crippen LogP contribution in [0.15, 0.2) is 48.7 Å². The van der Waals surface area contributed by atoms with Crippen molar-refractivity contribution in [2.45, 2.75) is 32.8 Å². The average molecular weight is 343 g/mol. The summed E-state index contributed by atoms with van der Waals surface area (Å²) in [6.45, 7) is 2.17. The molecule has 0 amide bonds. The molecule has 2 aromatic heterocycles. The molecule has 0 radical (unpaired) electrons. The Morgan fingerprint density at radius 1 is 1.21 bits per heavy atom. The Hall–Kier alpha value is -2.33. The number of hydrogen-bond donors (Lipinski definition) is 0. The number of aromatic nitrogens is 2. The van der Waals surface area contributed by atoms with Gasteiger partial charge in [-0.25, -0.2) is 4.98 Å². The normalized spacial score (nSPS) is 10.9. The number of nitrogens with zero attached hydrogens (tertiary/aromatic N) is 2. The summed E-state index contributed by atoms with van der Waals surface area (Å²) in [5, 5.41) is 0.724. The van der Waals surface area contributed by atoms with Gasteiger partial charge in [0, 0.05) is 17.6 Å². The highest BCUT2D eigenvalue weighted by molar-refractivity contribution is 6.30. The van der Waals surface area contributed by atoms with Crippen molar-refractivity contribution in [3.8, 4) is 0 Å². The molecule has 0 aliphatic carbocycles. The van der Waals surface area contributed by atoms with Gasteiger partial charge in [0.25, 0.3) is 0 Å². The Bertz CT molecular complexity index is 840. The highest BCUT2D eigenvalue weighted by Gasteiger charge is 2.11. The van der Waals surface area contributed by atoms with Gasteiger partial charge in [-0.05, 0) is 49.6 Å². The lowest BCUT2D eigenvalue weighted by molar-refractivity contribution is -0.145. The highest BCUT2D eigenvalue weighted by Crippen LogP contribution is 2.14. The first-order valence-electron chi connectivity index (χ1n) is 7.96. The standard InChI is InChI=1S/C19H19ClN2O2/c1-14-17(22-12-3-2-6-18(22)21-14)13-24-19(23)7-4-5-15-8-10-16(20)11-9-15/h2-3,6,8-12H,4-5,7,13H2,1H3. The van der Waals surface area contributed by atoms with Crippen LogP contribution in [0, 0.1) is 6.92 Å². The van der Waals surface area contributed by atoms with Crippen molar-refractivity contribution < 1.29 is 9.53 Å². The minimum atomic E-state index is -0.186. The van der Waals surface area contributed by atoms with Crippen molar-refractivity contribution >= 4 is 23.2 Å². The van der Waals surface area contributed by atoms with Crippen LogP contribution in [0.4, 0.5) is 0 Å². The highest BCUT2D eigenvalue weighted by atomic mass is 35.5. The third kappa shape index (κ3) is 3.95. The van der Waals surface area contributed by atoms with Gasteiger partial charge in [0.1, 0.15) is 12.3 Å². The molecule has 3 rings (SSSR count). The molecule has 0 aliphatic heterocycles. The van der Waals surface area contributed by atoms with Gasteiger partial charge >= 0.3 is 5.97 Å². The number of pyridine rings is 1. The maximum Gasteiger partial charge on any atom is 0.306 e. The molecular weight excluding hydrogens is 324 g/mol. The van der Waals surface area contributed by atoms with Crippen LogP contribution < -0.4 is 0 Å². The number of halogens is 1. The van der Waals surface area contributed by atoms with Gasteiger partial charge in [-0.2, -0.15) is 0 Å². The minimum absolute atomic E-state index is 0.186. The summed E-state index contributed by atoms with van der Waals surface area (Å²) in [7, 11) is 0. The zero-order valence-corrected chi connectivity index (χ0v) is 14.3. The third-order valence-electron chi connectivity index (χ3n) is 3.96. The SMILES string of the molecule is Cc1nc2ccccn2c1COC(=O)CCCc1ccc(Cl)cc1. The van der Waals surface area contributed by atoms with E-state index >= 15 is 0 Å². The zero-order valence-electron chi connectivity index (χ0n) is 13.5. The Morgan fingerprint density at radius 3 is 2.79 bits per heavy atom. The summed E-state index contributed by atoms with van der Waals surface area (Å²) < 4.78 is 7.37. The molecule has 124 valence electrons. The van der Waals surface area contributed by atoms with Crippen LogP contribution in [0.25, 0.3) is 5.65 Å². The number of carbonyl (C=O) groups is 1. The summed E-state index contributed by atoms with van der Waals surface area (Å²) in [6, 6.07) is 13.5. The molecule has 0 aliphatic rings. The lowest BCUT2D eigenvalue weighted by Crippen LogP contribution is -2.07. The van der Waals surface area contributed by atoms with Gasteiger partial charge in [0.2, 0.25) is 0 Å². The van der Waals surface area contributed by atoms with Crippen molar-refractivity contribution in [3.05, 3.63) is 70.6 Å². The first kappa shape index (κ1) is 16.5. The van der Waals surface area contributed by atoms with Crippen LogP contribution >= 0.6 is 11.6 Å². The number of aryl methyl sites for hydroxylation is 2.